The van der Waals surface area contributed by atoms with Gasteiger partial charge in [0.15, 0.2) is 0 Å². The zero-order valence-corrected chi connectivity index (χ0v) is 13.4. The molecule has 0 spiro atoms. The number of nitrogens with one attached hydrogen (secondary N) is 1. The molecule has 0 aliphatic heterocycles. The molecule has 0 bridgehead atoms. The number of carbonyl (C=O) groups is 2. The number of rotatable bonds is 4. The summed E-state index contributed by atoms with van der Waals surface area (Å²) in [5.74, 6) is -0.711. The minimum atomic E-state index is -0.818. The Labute approximate surface area is 139 Å². The van der Waals surface area contributed by atoms with Gasteiger partial charge in [0, 0.05) is 24.1 Å². The Morgan fingerprint density at radius 3 is 2.79 bits per heavy atom. The van der Waals surface area contributed by atoms with Crippen LogP contribution < -0.4 is 5.32 Å². The van der Waals surface area contributed by atoms with Crippen molar-refractivity contribution in [3.63, 3.8) is 0 Å². The molecule has 1 amide bonds. The second-order valence-corrected chi connectivity index (χ2v) is 6.11. The van der Waals surface area contributed by atoms with Crippen molar-refractivity contribution >= 4 is 17.6 Å². The second-order valence-electron chi connectivity index (χ2n) is 6.11. The number of hydrogen-bond donors (Lipinski definition) is 2. The number of benzene rings is 1. The number of aliphatic carboxylic acids is 1. The maximum absolute atomic E-state index is 12.4. The average molecular weight is 329 g/mol. The van der Waals surface area contributed by atoms with Crippen molar-refractivity contribution in [2.75, 3.05) is 5.32 Å². The summed E-state index contributed by atoms with van der Waals surface area (Å²) in [5, 5.41) is 15.9. The highest BCUT2D eigenvalue weighted by Gasteiger charge is 2.31. The van der Waals surface area contributed by atoms with Gasteiger partial charge in [-0.25, -0.2) is 0 Å². The minimum Gasteiger partial charge on any atom is -0.481 e. The van der Waals surface area contributed by atoms with Crippen LogP contribution in [0.2, 0.25) is 0 Å². The molecular weight excluding hydrogens is 310 g/mol. The van der Waals surface area contributed by atoms with Crippen molar-refractivity contribution in [3.8, 4) is 11.4 Å². The Morgan fingerprint density at radius 2 is 2.08 bits per heavy atom. The summed E-state index contributed by atoms with van der Waals surface area (Å²) < 4.78 is 4.97. The third-order valence-corrected chi connectivity index (χ3v) is 4.31. The maximum atomic E-state index is 12.4. The number of aryl methyl sites for hydroxylation is 1. The molecule has 7 nitrogen and oxygen atoms in total. The summed E-state index contributed by atoms with van der Waals surface area (Å²) in [4.78, 5) is 27.7. The van der Waals surface area contributed by atoms with E-state index in [9.17, 15) is 9.59 Å². The third-order valence-electron chi connectivity index (χ3n) is 4.31. The van der Waals surface area contributed by atoms with Crippen LogP contribution >= 0.6 is 0 Å². The number of anilines is 1. The molecule has 2 aromatic rings. The predicted octanol–water partition coefficient (Wildman–Crippen LogP) is 2.87. The van der Waals surface area contributed by atoms with Crippen molar-refractivity contribution < 1.29 is 19.2 Å². The van der Waals surface area contributed by atoms with Crippen LogP contribution in [-0.2, 0) is 9.59 Å². The molecule has 1 aliphatic rings. The number of carbonyl (C=O) groups excluding carboxylic acids is 1. The normalized spacial score (nSPS) is 20.5. The Bertz CT molecular complexity index is 756. The molecule has 1 fully saturated rings. The van der Waals surface area contributed by atoms with Gasteiger partial charge in [0.25, 0.3) is 0 Å². The summed E-state index contributed by atoms with van der Waals surface area (Å²) in [6.45, 7) is 1.71. The van der Waals surface area contributed by atoms with Crippen molar-refractivity contribution in [1.82, 2.24) is 10.1 Å². The van der Waals surface area contributed by atoms with Gasteiger partial charge in [0.05, 0.1) is 5.92 Å². The molecule has 0 radical (unpaired) electrons. The number of carboxylic acids is 1. The highest BCUT2D eigenvalue weighted by atomic mass is 16.5. The van der Waals surface area contributed by atoms with Crippen LogP contribution in [0.15, 0.2) is 28.8 Å². The molecule has 1 aromatic heterocycles. The van der Waals surface area contributed by atoms with E-state index in [0.29, 0.717) is 30.2 Å². The largest absolute Gasteiger partial charge is 0.481 e. The lowest BCUT2D eigenvalue weighted by atomic mass is 9.81. The van der Waals surface area contributed by atoms with E-state index in [4.69, 9.17) is 9.63 Å². The molecular formula is C17H19N3O4. The van der Waals surface area contributed by atoms with E-state index >= 15 is 0 Å². The monoisotopic (exact) mass is 329 g/mol. The van der Waals surface area contributed by atoms with E-state index in [2.05, 4.69) is 15.5 Å². The number of aromatic nitrogens is 2. The van der Waals surface area contributed by atoms with Gasteiger partial charge in [-0.2, -0.15) is 4.98 Å². The van der Waals surface area contributed by atoms with Gasteiger partial charge in [0.2, 0.25) is 17.6 Å². The Kier molecular flexibility index (Phi) is 4.59. The molecule has 3 rings (SSSR count). The van der Waals surface area contributed by atoms with Crippen LogP contribution in [0.1, 0.15) is 31.6 Å². The second kappa shape index (κ2) is 6.82. The molecule has 2 atom stereocenters. The van der Waals surface area contributed by atoms with Crippen LogP contribution in [0.4, 0.5) is 5.69 Å². The standard InChI is InChI=1S/C17H19N3O4/c1-10-18-15(20-24-10)11-4-3-7-14(9-11)19-16(21)12-5-2-6-13(8-12)17(22)23/h3-4,7,9,12-13H,2,5-6,8H2,1H3,(H,19,21)(H,22,23). The topological polar surface area (TPSA) is 105 Å². The fourth-order valence-corrected chi connectivity index (χ4v) is 3.05. The van der Waals surface area contributed by atoms with Gasteiger partial charge in [-0.05, 0) is 31.4 Å². The Balaban J connectivity index is 1.69. The summed E-state index contributed by atoms with van der Waals surface area (Å²) >= 11 is 0. The average Bonchev–Trinajstić information content (AvgIpc) is 3.02. The fraction of sp³-hybridized carbons (Fsp3) is 0.412. The molecule has 1 heterocycles. The fourth-order valence-electron chi connectivity index (χ4n) is 3.05. The highest BCUT2D eigenvalue weighted by molar-refractivity contribution is 5.93. The number of hydrogen-bond acceptors (Lipinski definition) is 5. The van der Waals surface area contributed by atoms with Gasteiger partial charge in [-0.15, -0.1) is 0 Å². The third kappa shape index (κ3) is 3.61. The van der Waals surface area contributed by atoms with Crippen LogP contribution in [0.25, 0.3) is 11.4 Å². The molecule has 1 aromatic carbocycles. The van der Waals surface area contributed by atoms with Crippen LogP contribution in [0.3, 0.4) is 0 Å². The van der Waals surface area contributed by atoms with Crippen molar-refractivity contribution in [3.05, 3.63) is 30.2 Å². The summed E-state index contributed by atoms with van der Waals surface area (Å²) in [6.07, 6.45) is 2.52. The zero-order valence-electron chi connectivity index (χ0n) is 13.4. The van der Waals surface area contributed by atoms with Crippen molar-refractivity contribution in [2.45, 2.75) is 32.6 Å². The first-order chi connectivity index (χ1) is 11.5. The lowest BCUT2D eigenvalue weighted by Gasteiger charge is -2.25. The van der Waals surface area contributed by atoms with Crippen molar-refractivity contribution in [1.29, 1.82) is 0 Å². The van der Waals surface area contributed by atoms with Gasteiger partial charge < -0.3 is 14.9 Å². The molecule has 2 unspecified atom stereocenters. The first-order valence-electron chi connectivity index (χ1n) is 7.97. The summed E-state index contributed by atoms with van der Waals surface area (Å²) in [5.41, 5.74) is 1.38. The van der Waals surface area contributed by atoms with Gasteiger partial charge >= 0.3 is 5.97 Å². The smallest absolute Gasteiger partial charge is 0.306 e. The molecule has 1 saturated carbocycles. The zero-order chi connectivity index (χ0) is 17.1. The van der Waals surface area contributed by atoms with Crippen LogP contribution in [0, 0.1) is 18.8 Å². The molecule has 126 valence electrons. The molecule has 0 saturated heterocycles. The first kappa shape index (κ1) is 16.2. The van der Waals surface area contributed by atoms with E-state index in [1.807, 2.05) is 6.07 Å². The number of amides is 1. The summed E-state index contributed by atoms with van der Waals surface area (Å²) in [7, 11) is 0. The van der Waals surface area contributed by atoms with Crippen molar-refractivity contribution in [2.24, 2.45) is 11.8 Å². The van der Waals surface area contributed by atoms with E-state index < -0.39 is 11.9 Å². The van der Waals surface area contributed by atoms with E-state index in [-0.39, 0.29) is 11.8 Å². The number of carboxylic acid groups (broad SMARTS) is 1. The lowest BCUT2D eigenvalue weighted by molar-refractivity contribution is -0.143. The van der Waals surface area contributed by atoms with Crippen LogP contribution in [0.5, 0.6) is 0 Å². The lowest BCUT2D eigenvalue weighted by Crippen LogP contribution is -2.30. The maximum Gasteiger partial charge on any atom is 0.306 e. The number of nitrogens with zero attached hydrogens (tertiary/aromatic N) is 2. The van der Waals surface area contributed by atoms with E-state index in [1.165, 1.54) is 0 Å². The summed E-state index contributed by atoms with van der Waals surface area (Å²) in [6, 6.07) is 7.20. The predicted molar refractivity (Wildman–Crippen MR) is 86.2 cm³/mol. The molecule has 7 heteroatoms. The van der Waals surface area contributed by atoms with Crippen LogP contribution in [-0.4, -0.2) is 27.1 Å². The molecule has 2 N–H and O–H groups in total. The molecule has 1 aliphatic carbocycles. The highest BCUT2D eigenvalue weighted by Crippen LogP contribution is 2.30. The van der Waals surface area contributed by atoms with E-state index in [0.717, 1.165) is 18.4 Å². The Morgan fingerprint density at radius 1 is 1.29 bits per heavy atom. The van der Waals surface area contributed by atoms with Gasteiger partial charge in [-0.3, -0.25) is 9.59 Å². The minimum absolute atomic E-state index is 0.137. The van der Waals surface area contributed by atoms with E-state index in [1.54, 1.807) is 25.1 Å². The quantitative estimate of drug-likeness (QED) is 0.893. The first-order valence-corrected chi connectivity index (χ1v) is 7.97. The molecule has 24 heavy (non-hydrogen) atoms. The van der Waals surface area contributed by atoms with Gasteiger partial charge in [0.1, 0.15) is 0 Å². The SMILES string of the molecule is Cc1nc(-c2cccc(NC(=O)C3CCCC(C(=O)O)C3)c2)no1. The van der Waals surface area contributed by atoms with Gasteiger partial charge in [-0.1, -0.05) is 23.7 Å². The Hall–Kier alpha value is -2.70.